The summed E-state index contributed by atoms with van der Waals surface area (Å²) in [6.07, 6.45) is 3.70. The summed E-state index contributed by atoms with van der Waals surface area (Å²) in [4.78, 5) is 7.43. The maximum atomic E-state index is 5.22. The van der Waals surface area contributed by atoms with Crippen LogP contribution in [0.4, 0.5) is 0 Å². The summed E-state index contributed by atoms with van der Waals surface area (Å²) in [7, 11) is 0. The Morgan fingerprint density at radius 1 is 1.29 bits per heavy atom. The lowest BCUT2D eigenvalue weighted by Gasteiger charge is -2.01. The first-order valence-corrected chi connectivity index (χ1v) is 4.79. The van der Waals surface area contributed by atoms with Gasteiger partial charge in [-0.15, -0.1) is 0 Å². The number of nitrogens with one attached hydrogen (secondary N) is 1. The van der Waals surface area contributed by atoms with Crippen LogP contribution in [0.2, 0.25) is 0 Å². The summed E-state index contributed by atoms with van der Waals surface area (Å²) in [5, 5.41) is 0. The first-order valence-electron chi connectivity index (χ1n) is 4.38. The molecule has 3 heteroatoms. The fourth-order valence-corrected chi connectivity index (χ4v) is 1.54. The number of hydrogen-bond donors (Lipinski definition) is 1. The lowest BCUT2D eigenvalue weighted by molar-refractivity contribution is 1.19. The van der Waals surface area contributed by atoms with Gasteiger partial charge >= 0.3 is 0 Å². The summed E-state index contributed by atoms with van der Waals surface area (Å²) in [6, 6.07) is 7.79. The van der Waals surface area contributed by atoms with Crippen LogP contribution in [0.25, 0.3) is 11.3 Å². The molecule has 2 aromatic rings. The van der Waals surface area contributed by atoms with E-state index in [1.165, 1.54) is 0 Å². The summed E-state index contributed by atoms with van der Waals surface area (Å²) < 4.78 is 0.821. The molecule has 0 saturated heterocycles. The molecule has 1 N–H and O–H groups in total. The predicted octanol–water partition coefficient (Wildman–Crippen LogP) is 3.11. The van der Waals surface area contributed by atoms with Gasteiger partial charge in [0.05, 0.1) is 5.69 Å². The van der Waals surface area contributed by atoms with E-state index in [0.29, 0.717) is 0 Å². The van der Waals surface area contributed by atoms with Crippen LogP contribution in [0.3, 0.4) is 0 Å². The monoisotopic (exact) mass is 202 g/mol. The number of nitrogens with zero attached hydrogens (tertiary/aromatic N) is 1. The number of rotatable bonds is 1. The molecule has 0 atom stereocenters. The van der Waals surface area contributed by atoms with E-state index >= 15 is 0 Å². The Kier molecular flexibility index (Phi) is 2.41. The first kappa shape index (κ1) is 9.09. The molecule has 2 rings (SSSR count). The Hall–Kier alpha value is -1.48. The Bertz CT molecular complexity index is 502. The van der Waals surface area contributed by atoms with Gasteiger partial charge in [0.2, 0.25) is 0 Å². The van der Waals surface area contributed by atoms with Crippen LogP contribution in [0.15, 0.2) is 36.7 Å². The predicted molar refractivity (Wildman–Crippen MR) is 59.6 cm³/mol. The van der Waals surface area contributed by atoms with Gasteiger partial charge in [0.15, 0.2) is 0 Å². The minimum Gasteiger partial charge on any atom is -0.367 e. The maximum Gasteiger partial charge on any atom is 0.0734 e. The second-order valence-electron chi connectivity index (χ2n) is 3.09. The number of aromatic amines is 1. The number of pyridine rings is 2. The molecule has 0 aliphatic heterocycles. The first-order chi connectivity index (χ1) is 6.77. The van der Waals surface area contributed by atoms with Gasteiger partial charge in [-0.3, -0.25) is 4.98 Å². The summed E-state index contributed by atoms with van der Waals surface area (Å²) in [5.74, 6) is 0. The molecule has 0 spiro atoms. The summed E-state index contributed by atoms with van der Waals surface area (Å²) >= 11 is 5.22. The van der Waals surface area contributed by atoms with Crippen molar-refractivity contribution in [3.8, 4) is 11.3 Å². The molecule has 2 heterocycles. The molecule has 70 valence electrons. The lowest BCUT2D eigenvalue weighted by Crippen LogP contribution is -1.87. The molecule has 0 aromatic carbocycles. The van der Waals surface area contributed by atoms with Crippen molar-refractivity contribution in [3.05, 3.63) is 46.9 Å². The van der Waals surface area contributed by atoms with E-state index in [9.17, 15) is 0 Å². The highest BCUT2D eigenvalue weighted by molar-refractivity contribution is 7.71. The molecule has 2 aromatic heterocycles. The zero-order valence-corrected chi connectivity index (χ0v) is 8.64. The van der Waals surface area contributed by atoms with Crippen molar-refractivity contribution < 1.29 is 0 Å². The van der Waals surface area contributed by atoms with E-state index in [2.05, 4.69) is 9.97 Å². The quantitative estimate of drug-likeness (QED) is 0.720. The van der Waals surface area contributed by atoms with E-state index < -0.39 is 0 Å². The molecule has 0 aliphatic carbocycles. The number of hydrogen-bond acceptors (Lipinski definition) is 2. The SMILES string of the molecule is Cc1cccc(-c2c[nH]ccc2=S)n1. The maximum absolute atomic E-state index is 5.22. The van der Waals surface area contributed by atoms with Crippen molar-refractivity contribution in [2.75, 3.05) is 0 Å². The van der Waals surface area contributed by atoms with Crippen molar-refractivity contribution in [1.82, 2.24) is 9.97 Å². The summed E-state index contributed by atoms with van der Waals surface area (Å²) in [6.45, 7) is 1.97. The largest absolute Gasteiger partial charge is 0.367 e. The molecule has 14 heavy (non-hydrogen) atoms. The highest BCUT2D eigenvalue weighted by Crippen LogP contribution is 2.16. The fraction of sp³-hybridized carbons (Fsp3) is 0.0909. The molecule has 0 bridgehead atoms. The standard InChI is InChI=1S/C11H10N2S/c1-8-3-2-4-10(13-8)9-7-12-6-5-11(9)14/h2-7H,1H3,(H,12,14). The Morgan fingerprint density at radius 2 is 2.14 bits per heavy atom. The van der Waals surface area contributed by atoms with Crippen LogP contribution in [0.5, 0.6) is 0 Å². The van der Waals surface area contributed by atoms with Crippen molar-refractivity contribution in [2.24, 2.45) is 0 Å². The van der Waals surface area contributed by atoms with Crippen LogP contribution >= 0.6 is 12.2 Å². The van der Waals surface area contributed by atoms with Gasteiger partial charge in [0.1, 0.15) is 0 Å². The van der Waals surface area contributed by atoms with Crippen molar-refractivity contribution in [2.45, 2.75) is 6.92 Å². The molecular formula is C11H10N2S. The van der Waals surface area contributed by atoms with E-state index in [4.69, 9.17) is 12.2 Å². The smallest absolute Gasteiger partial charge is 0.0734 e. The van der Waals surface area contributed by atoms with E-state index in [1.54, 1.807) is 0 Å². The average Bonchev–Trinajstić information content (AvgIpc) is 2.18. The molecular weight excluding hydrogens is 192 g/mol. The highest BCUT2D eigenvalue weighted by Gasteiger charge is 2.00. The van der Waals surface area contributed by atoms with Gasteiger partial charge in [-0.25, -0.2) is 0 Å². The zero-order valence-electron chi connectivity index (χ0n) is 7.82. The van der Waals surface area contributed by atoms with Gasteiger partial charge < -0.3 is 4.98 Å². The Balaban J connectivity index is 2.61. The van der Waals surface area contributed by atoms with Crippen LogP contribution in [-0.2, 0) is 0 Å². The van der Waals surface area contributed by atoms with Gasteiger partial charge in [-0.1, -0.05) is 18.3 Å². The topological polar surface area (TPSA) is 28.7 Å². The molecule has 0 radical (unpaired) electrons. The van der Waals surface area contributed by atoms with Crippen LogP contribution < -0.4 is 0 Å². The van der Waals surface area contributed by atoms with Gasteiger partial charge in [0, 0.05) is 28.2 Å². The van der Waals surface area contributed by atoms with Crippen LogP contribution in [-0.4, -0.2) is 9.97 Å². The molecule has 0 amide bonds. The second-order valence-corrected chi connectivity index (χ2v) is 3.53. The third-order valence-corrected chi connectivity index (χ3v) is 2.34. The molecule has 0 saturated carbocycles. The lowest BCUT2D eigenvalue weighted by atomic mass is 10.2. The number of aryl methyl sites for hydroxylation is 1. The van der Waals surface area contributed by atoms with E-state index in [-0.39, 0.29) is 0 Å². The van der Waals surface area contributed by atoms with Crippen molar-refractivity contribution in [1.29, 1.82) is 0 Å². The summed E-state index contributed by atoms with van der Waals surface area (Å²) in [5.41, 5.74) is 2.90. The van der Waals surface area contributed by atoms with Gasteiger partial charge in [-0.2, -0.15) is 0 Å². The third-order valence-electron chi connectivity index (χ3n) is 1.99. The highest BCUT2D eigenvalue weighted by atomic mass is 32.1. The minimum absolute atomic E-state index is 0.821. The normalized spacial score (nSPS) is 10.1. The van der Waals surface area contributed by atoms with Crippen molar-refractivity contribution >= 4 is 12.2 Å². The molecule has 0 unspecified atom stereocenters. The fourth-order valence-electron chi connectivity index (χ4n) is 1.31. The average molecular weight is 202 g/mol. The minimum atomic E-state index is 0.821. The second kappa shape index (κ2) is 3.72. The molecule has 0 aliphatic rings. The molecule has 0 fully saturated rings. The Morgan fingerprint density at radius 3 is 2.86 bits per heavy atom. The van der Waals surface area contributed by atoms with Gasteiger partial charge in [-0.05, 0) is 25.1 Å². The van der Waals surface area contributed by atoms with Crippen molar-refractivity contribution in [3.63, 3.8) is 0 Å². The zero-order chi connectivity index (χ0) is 9.97. The van der Waals surface area contributed by atoms with Crippen LogP contribution in [0, 0.1) is 11.4 Å². The van der Waals surface area contributed by atoms with E-state index in [1.807, 2.05) is 43.6 Å². The number of H-pyrrole nitrogens is 1. The Labute approximate surface area is 87.7 Å². The number of aromatic nitrogens is 2. The van der Waals surface area contributed by atoms with Gasteiger partial charge in [0.25, 0.3) is 0 Å². The molecule has 2 nitrogen and oxygen atoms in total. The van der Waals surface area contributed by atoms with E-state index in [0.717, 1.165) is 21.5 Å². The third kappa shape index (κ3) is 1.72. The van der Waals surface area contributed by atoms with Crippen LogP contribution in [0.1, 0.15) is 5.69 Å².